The molecule has 0 radical (unpaired) electrons. The van der Waals surface area contributed by atoms with E-state index in [1.807, 2.05) is 6.92 Å². The maximum atomic E-state index is 12.5. The van der Waals surface area contributed by atoms with Crippen LogP contribution in [0.15, 0.2) is 24.3 Å². The van der Waals surface area contributed by atoms with Gasteiger partial charge >= 0.3 is 0 Å². The zero-order valence-electron chi connectivity index (χ0n) is 14.5. The topological polar surface area (TPSA) is 80.7 Å². The van der Waals surface area contributed by atoms with Crippen LogP contribution in [0.2, 0.25) is 0 Å². The number of hydrogen-bond acceptors (Lipinski definition) is 5. The Bertz CT molecular complexity index is 644. The maximum absolute atomic E-state index is 12.5. The van der Waals surface area contributed by atoms with Crippen LogP contribution in [0.25, 0.3) is 0 Å². The molecule has 1 aromatic carbocycles. The predicted octanol–water partition coefficient (Wildman–Crippen LogP) is 2.30. The average Bonchev–Trinajstić information content (AvgIpc) is 2.45. The van der Waals surface area contributed by atoms with E-state index >= 15 is 0 Å². The van der Waals surface area contributed by atoms with Crippen molar-refractivity contribution < 1.29 is 24.2 Å². The molecular formula is C19H24O5. The Labute approximate surface area is 142 Å². The van der Waals surface area contributed by atoms with Crippen molar-refractivity contribution in [1.29, 1.82) is 0 Å². The van der Waals surface area contributed by atoms with E-state index in [9.17, 15) is 19.5 Å². The number of hydrogen-bond donors (Lipinski definition) is 1. The van der Waals surface area contributed by atoms with Gasteiger partial charge in [-0.1, -0.05) is 12.1 Å². The molecule has 24 heavy (non-hydrogen) atoms. The Morgan fingerprint density at radius 2 is 1.79 bits per heavy atom. The van der Waals surface area contributed by atoms with Crippen molar-refractivity contribution in [2.75, 3.05) is 6.61 Å². The highest BCUT2D eigenvalue weighted by molar-refractivity contribution is 6.05. The minimum Gasteiger partial charge on any atom is -0.494 e. The van der Waals surface area contributed by atoms with Crippen LogP contribution >= 0.6 is 0 Å². The molecule has 1 aliphatic rings. The van der Waals surface area contributed by atoms with E-state index in [0.29, 0.717) is 17.9 Å². The van der Waals surface area contributed by atoms with Crippen molar-refractivity contribution in [3.05, 3.63) is 29.8 Å². The van der Waals surface area contributed by atoms with Crippen molar-refractivity contribution in [2.45, 2.75) is 45.6 Å². The van der Waals surface area contributed by atoms with E-state index in [4.69, 9.17) is 4.74 Å². The molecule has 1 fully saturated rings. The summed E-state index contributed by atoms with van der Waals surface area (Å²) in [4.78, 5) is 36.8. The second kappa shape index (κ2) is 6.85. The first-order valence-corrected chi connectivity index (χ1v) is 8.17. The second-order valence-electron chi connectivity index (χ2n) is 6.70. The Balaban J connectivity index is 2.53. The predicted molar refractivity (Wildman–Crippen MR) is 88.9 cm³/mol. The van der Waals surface area contributed by atoms with Gasteiger partial charge in [0.1, 0.15) is 23.1 Å². The number of carbonyl (C=O) groups is 3. The highest BCUT2D eigenvalue weighted by atomic mass is 16.5. The fourth-order valence-corrected chi connectivity index (χ4v) is 3.86. The Morgan fingerprint density at radius 3 is 2.25 bits per heavy atom. The standard InChI is InChI=1S/C19H24O5/c1-5-24-14-8-6-13(7-9-14)17-16(11(2)20)15(22)10-19(4,23)18(17)12(3)21/h6-9,16-18,23H,5,10H2,1-4H3/t16-,17-,18-,19-/m1/s1. The van der Waals surface area contributed by atoms with Crippen molar-refractivity contribution in [3.63, 3.8) is 0 Å². The minimum absolute atomic E-state index is 0.185. The molecule has 5 heteroatoms. The SMILES string of the molecule is CCOc1ccc([C@@H]2[C@H](C(C)=O)C(=O)C[C@@](C)(O)[C@@H]2C(C)=O)cc1. The number of aliphatic hydroxyl groups is 1. The van der Waals surface area contributed by atoms with E-state index in [1.54, 1.807) is 24.3 Å². The number of Topliss-reactive ketones (excluding diaryl/α,β-unsaturated/α-hetero) is 3. The van der Waals surface area contributed by atoms with Gasteiger partial charge in [0, 0.05) is 12.3 Å². The molecule has 0 amide bonds. The Morgan fingerprint density at radius 1 is 1.21 bits per heavy atom. The number of carbonyl (C=O) groups excluding carboxylic acids is 3. The number of rotatable bonds is 5. The maximum Gasteiger partial charge on any atom is 0.146 e. The second-order valence-corrected chi connectivity index (χ2v) is 6.70. The number of benzene rings is 1. The molecule has 1 saturated carbocycles. The summed E-state index contributed by atoms with van der Waals surface area (Å²) in [5.74, 6) is -2.51. The van der Waals surface area contributed by atoms with Gasteiger partial charge in [-0.2, -0.15) is 0 Å². The molecule has 130 valence electrons. The molecule has 0 spiro atoms. The molecule has 0 bridgehead atoms. The molecule has 0 saturated heterocycles. The molecule has 0 unspecified atom stereocenters. The van der Waals surface area contributed by atoms with E-state index in [1.165, 1.54) is 20.8 Å². The summed E-state index contributed by atoms with van der Waals surface area (Å²) in [5, 5.41) is 10.7. The lowest BCUT2D eigenvalue weighted by Crippen LogP contribution is -2.53. The lowest BCUT2D eigenvalue weighted by Gasteiger charge is -2.44. The van der Waals surface area contributed by atoms with Gasteiger partial charge in [-0.25, -0.2) is 0 Å². The van der Waals surface area contributed by atoms with Gasteiger partial charge in [0.15, 0.2) is 0 Å². The van der Waals surface area contributed by atoms with E-state index < -0.39 is 23.4 Å². The van der Waals surface area contributed by atoms with Crippen LogP contribution in [0.5, 0.6) is 5.75 Å². The molecule has 1 N–H and O–H groups in total. The van der Waals surface area contributed by atoms with Crippen molar-refractivity contribution in [1.82, 2.24) is 0 Å². The molecule has 0 heterocycles. The third-order valence-electron chi connectivity index (χ3n) is 4.72. The van der Waals surface area contributed by atoms with Gasteiger partial charge in [-0.05, 0) is 45.4 Å². The third kappa shape index (κ3) is 3.41. The monoisotopic (exact) mass is 332 g/mol. The van der Waals surface area contributed by atoms with E-state index in [2.05, 4.69) is 0 Å². The van der Waals surface area contributed by atoms with E-state index in [0.717, 1.165) is 0 Å². The lowest BCUT2D eigenvalue weighted by atomic mass is 9.60. The summed E-state index contributed by atoms with van der Waals surface area (Å²) in [6, 6.07) is 7.02. The van der Waals surface area contributed by atoms with Gasteiger partial charge < -0.3 is 9.84 Å². The molecule has 4 atom stereocenters. The van der Waals surface area contributed by atoms with Crippen LogP contribution in [-0.2, 0) is 14.4 Å². The summed E-state index contributed by atoms with van der Waals surface area (Å²) in [6.45, 7) is 6.66. The molecular weight excluding hydrogens is 308 g/mol. The van der Waals surface area contributed by atoms with Crippen molar-refractivity contribution in [2.24, 2.45) is 11.8 Å². The summed E-state index contributed by atoms with van der Waals surface area (Å²) in [7, 11) is 0. The fourth-order valence-electron chi connectivity index (χ4n) is 3.86. The summed E-state index contributed by atoms with van der Waals surface area (Å²) < 4.78 is 5.41. The highest BCUT2D eigenvalue weighted by Crippen LogP contribution is 2.46. The molecule has 0 aromatic heterocycles. The normalized spacial score (nSPS) is 30.0. The van der Waals surface area contributed by atoms with Crippen LogP contribution in [0.1, 0.15) is 45.6 Å². The molecule has 1 aliphatic carbocycles. The van der Waals surface area contributed by atoms with Crippen LogP contribution in [0.3, 0.4) is 0 Å². The first-order valence-electron chi connectivity index (χ1n) is 8.17. The number of ether oxygens (including phenoxy) is 1. The summed E-state index contributed by atoms with van der Waals surface area (Å²) in [5.41, 5.74) is -0.773. The molecule has 5 nitrogen and oxygen atoms in total. The molecule has 0 aliphatic heterocycles. The number of ketones is 3. The van der Waals surface area contributed by atoms with Gasteiger partial charge in [0.05, 0.1) is 24.0 Å². The summed E-state index contributed by atoms with van der Waals surface area (Å²) in [6.07, 6.45) is -0.185. The fraction of sp³-hybridized carbons (Fsp3) is 0.526. The Hall–Kier alpha value is -2.01. The third-order valence-corrected chi connectivity index (χ3v) is 4.72. The van der Waals surface area contributed by atoms with E-state index in [-0.39, 0.29) is 23.8 Å². The Kier molecular flexibility index (Phi) is 5.23. The van der Waals surface area contributed by atoms with Crippen molar-refractivity contribution >= 4 is 17.3 Å². The quantitative estimate of drug-likeness (QED) is 0.837. The van der Waals surface area contributed by atoms with Gasteiger partial charge in [-0.15, -0.1) is 0 Å². The minimum atomic E-state index is -1.46. The van der Waals surface area contributed by atoms with Gasteiger partial charge in [0.25, 0.3) is 0 Å². The van der Waals surface area contributed by atoms with Crippen LogP contribution in [0, 0.1) is 11.8 Å². The smallest absolute Gasteiger partial charge is 0.146 e. The lowest BCUT2D eigenvalue weighted by molar-refractivity contribution is -0.151. The van der Waals surface area contributed by atoms with Crippen molar-refractivity contribution in [3.8, 4) is 5.75 Å². The molecule has 1 aromatic rings. The largest absolute Gasteiger partial charge is 0.494 e. The van der Waals surface area contributed by atoms with Crippen LogP contribution in [-0.4, -0.2) is 34.7 Å². The first kappa shape index (κ1) is 18.3. The average molecular weight is 332 g/mol. The first-order chi connectivity index (χ1) is 11.2. The van der Waals surface area contributed by atoms with Gasteiger partial charge in [0.2, 0.25) is 0 Å². The van der Waals surface area contributed by atoms with Crippen LogP contribution in [0.4, 0.5) is 0 Å². The zero-order chi connectivity index (χ0) is 18.1. The molecule has 2 rings (SSSR count). The van der Waals surface area contributed by atoms with Crippen LogP contribution < -0.4 is 4.74 Å². The highest BCUT2D eigenvalue weighted by Gasteiger charge is 2.53. The van der Waals surface area contributed by atoms with Gasteiger partial charge in [-0.3, -0.25) is 14.4 Å². The zero-order valence-corrected chi connectivity index (χ0v) is 14.5. The summed E-state index contributed by atoms with van der Waals surface area (Å²) >= 11 is 0.